The molecule has 0 amide bonds. The normalized spacial score (nSPS) is 20.2. The summed E-state index contributed by atoms with van der Waals surface area (Å²) in [6.45, 7) is 4.07. The highest BCUT2D eigenvalue weighted by atomic mass is 16.5. The van der Waals surface area contributed by atoms with Crippen molar-refractivity contribution in [1.29, 1.82) is 0 Å². The van der Waals surface area contributed by atoms with Crippen LogP contribution >= 0.6 is 0 Å². The van der Waals surface area contributed by atoms with Gasteiger partial charge in [0.15, 0.2) is 0 Å². The molecule has 0 saturated heterocycles. The standard InChI is InChI=1S/C19H18O/c1-3-19(17-8-10-18(20-2)11-9-17)13-12-15-6-4-5-7-16(15)14-19/h3-13H,1,14H2,2H3. The molecule has 1 aliphatic carbocycles. The van der Waals surface area contributed by atoms with Gasteiger partial charge in [-0.15, -0.1) is 6.58 Å². The van der Waals surface area contributed by atoms with E-state index < -0.39 is 0 Å². The van der Waals surface area contributed by atoms with Gasteiger partial charge < -0.3 is 4.74 Å². The molecule has 0 aliphatic heterocycles. The van der Waals surface area contributed by atoms with Crippen molar-refractivity contribution >= 4 is 6.08 Å². The number of hydrogen-bond donors (Lipinski definition) is 0. The molecule has 1 nitrogen and oxygen atoms in total. The summed E-state index contributed by atoms with van der Waals surface area (Å²) in [5, 5.41) is 0. The fourth-order valence-electron chi connectivity index (χ4n) is 2.83. The number of benzene rings is 2. The molecule has 0 fully saturated rings. The van der Waals surface area contributed by atoms with E-state index in [4.69, 9.17) is 4.74 Å². The maximum Gasteiger partial charge on any atom is 0.118 e. The van der Waals surface area contributed by atoms with E-state index in [9.17, 15) is 0 Å². The van der Waals surface area contributed by atoms with Crippen LogP contribution in [0.5, 0.6) is 5.75 Å². The molecule has 1 heteroatoms. The highest BCUT2D eigenvalue weighted by Gasteiger charge is 2.29. The van der Waals surface area contributed by atoms with Gasteiger partial charge in [0.05, 0.1) is 7.11 Å². The van der Waals surface area contributed by atoms with Crippen LogP contribution in [0.1, 0.15) is 16.7 Å². The van der Waals surface area contributed by atoms with E-state index in [-0.39, 0.29) is 5.41 Å². The number of allylic oxidation sites excluding steroid dienone is 2. The second-order valence-electron chi connectivity index (χ2n) is 5.18. The first-order chi connectivity index (χ1) is 9.77. The van der Waals surface area contributed by atoms with E-state index in [1.807, 2.05) is 18.2 Å². The molecule has 2 aromatic rings. The number of methoxy groups -OCH3 is 1. The summed E-state index contributed by atoms with van der Waals surface area (Å²) < 4.78 is 5.24. The summed E-state index contributed by atoms with van der Waals surface area (Å²) in [4.78, 5) is 0. The Bertz CT molecular complexity index is 652. The fourth-order valence-corrected chi connectivity index (χ4v) is 2.83. The first-order valence-corrected chi connectivity index (χ1v) is 6.83. The predicted octanol–water partition coefficient (Wildman–Crippen LogP) is 4.39. The summed E-state index contributed by atoms with van der Waals surface area (Å²) in [5.41, 5.74) is 3.80. The van der Waals surface area contributed by atoms with Crippen molar-refractivity contribution in [2.24, 2.45) is 0 Å². The van der Waals surface area contributed by atoms with Crippen molar-refractivity contribution in [3.63, 3.8) is 0 Å². The van der Waals surface area contributed by atoms with Crippen LogP contribution in [0.4, 0.5) is 0 Å². The van der Waals surface area contributed by atoms with E-state index in [1.165, 1.54) is 16.7 Å². The Labute approximate surface area is 120 Å². The van der Waals surface area contributed by atoms with Crippen molar-refractivity contribution in [3.05, 3.63) is 84.0 Å². The maximum absolute atomic E-state index is 5.24. The Morgan fingerprint density at radius 3 is 2.55 bits per heavy atom. The quantitative estimate of drug-likeness (QED) is 0.745. The lowest BCUT2D eigenvalue weighted by Gasteiger charge is -2.32. The van der Waals surface area contributed by atoms with Gasteiger partial charge in [-0.3, -0.25) is 0 Å². The smallest absolute Gasteiger partial charge is 0.118 e. The molecule has 100 valence electrons. The zero-order chi connectivity index (χ0) is 14.0. The maximum atomic E-state index is 5.24. The van der Waals surface area contributed by atoms with E-state index in [1.54, 1.807) is 7.11 Å². The van der Waals surface area contributed by atoms with Crippen LogP contribution in [0.25, 0.3) is 6.08 Å². The van der Waals surface area contributed by atoms with Crippen LogP contribution in [0.3, 0.4) is 0 Å². The minimum absolute atomic E-state index is 0.124. The van der Waals surface area contributed by atoms with E-state index in [2.05, 4.69) is 55.1 Å². The SMILES string of the molecule is C=CC1(c2ccc(OC)cc2)C=Cc2ccccc2C1. The van der Waals surface area contributed by atoms with Gasteiger partial charge >= 0.3 is 0 Å². The topological polar surface area (TPSA) is 9.23 Å². The highest BCUT2D eigenvalue weighted by molar-refractivity contribution is 5.62. The average Bonchev–Trinajstić information content (AvgIpc) is 2.54. The molecule has 0 N–H and O–H groups in total. The molecule has 2 aromatic carbocycles. The van der Waals surface area contributed by atoms with Gasteiger partial charge in [0.25, 0.3) is 0 Å². The molecule has 0 radical (unpaired) electrons. The van der Waals surface area contributed by atoms with Gasteiger partial charge in [-0.2, -0.15) is 0 Å². The molecule has 0 aromatic heterocycles. The van der Waals surface area contributed by atoms with Crippen LogP contribution < -0.4 is 4.74 Å². The predicted molar refractivity (Wildman–Crippen MR) is 84.0 cm³/mol. The van der Waals surface area contributed by atoms with Crippen LogP contribution in [0.15, 0.2) is 67.3 Å². The van der Waals surface area contributed by atoms with Gasteiger partial charge in [-0.05, 0) is 35.2 Å². The van der Waals surface area contributed by atoms with Crippen LogP contribution in [-0.4, -0.2) is 7.11 Å². The Morgan fingerprint density at radius 1 is 1.10 bits per heavy atom. The molecule has 0 bridgehead atoms. The van der Waals surface area contributed by atoms with Crippen molar-refractivity contribution in [2.45, 2.75) is 11.8 Å². The van der Waals surface area contributed by atoms with Gasteiger partial charge in [-0.1, -0.05) is 54.6 Å². The number of fused-ring (bicyclic) bond motifs is 1. The number of hydrogen-bond acceptors (Lipinski definition) is 1. The summed E-state index contributed by atoms with van der Waals surface area (Å²) in [6, 6.07) is 16.8. The monoisotopic (exact) mass is 262 g/mol. The fraction of sp³-hybridized carbons (Fsp3) is 0.158. The van der Waals surface area contributed by atoms with Crippen molar-refractivity contribution in [2.75, 3.05) is 7.11 Å². The first-order valence-electron chi connectivity index (χ1n) is 6.83. The molecule has 20 heavy (non-hydrogen) atoms. The minimum Gasteiger partial charge on any atom is -0.497 e. The molecule has 3 rings (SSSR count). The molecule has 0 heterocycles. The lowest BCUT2D eigenvalue weighted by atomic mass is 9.72. The second-order valence-corrected chi connectivity index (χ2v) is 5.18. The molecule has 1 aliphatic rings. The third-order valence-corrected chi connectivity index (χ3v) is 4.09. The highest BCUT2D eigenvalue weighted by Crippen LogP contribution is 2.37. The second kappa shape index (κ2) is 5.01. The Balaban J connectivity index is 2.03. The molecular weight excluding hydrogens is 244 g/mol. The minimum atomic E-state index is -0.124. The Morgan fingerprint density at radius 2 is 1.85 bits per heavy atom. The van der Waals surface area contributed by atoms with Gasteiger partial charge in [-0.25, -0.2) is 0 Å². The molecule has 1 atom stereocenters. The average molecular weight is 262 g/mol. The zero-order valence-electron chi connectivity index (χ0n) is 11.7. The van der Waals surface area contributed by atoms with Crippen molar-refractivity contribution < 1.29 is 4.74 Å². The van der Waals surface area contributed by atoms with Crippen molar-refractivity contribution in [3.8, 4) is 5.75 Å². The lowest BCUT2D eigenvalue weighted by molar-refractivity contribution is 0.414. The van der Waals surface area contributed by atoms with E-state index in [0.717, 1.165) is 12.2 Å². The lowest BCUT2D eigenvalue weighted by Crippen LogP contribution is -2.26. The zero-order valence-corrected chi connectivity index (χ0v) is 11.7. The third kappa shape index (κ3) is 2.05. The molecule has 0 spiro atoms. The van der Waals surface area contributed by atoms with E-state index in [0.29, 0.717) is 0 Å². The largest absolute Gasteiger partial charge is 0.497 e. The van der Waals surface area contributed by atoms with Gasteiger partial charge in [0, 0.05) is 5.41 Å². The number of rotatable bonds is 3. The molecule has 0 saturated carbocycles. The molecule has 1 unspecified atom stereocenters. The third-order valence-electron chi connectivity index (χ3n) is 4.09. The van der Waals surface area contributed by atoms with Crippen molar-refractivity contribution in [1.82, 2.24) is 0 Å². The summed E-state index contributed by atoms with van der Waals surface area (Å²) >= 11 is 0. The van der Waals surface area contributed by atoms with Crippen LogP contribution in [0, 0.1) is 0 Å². The van der Waals surface area contributed by atoms with Gasteiger partial charge in [0.1, 0.15) is 5.75 Å². The van der Waals surface area contributed by atoms with Crippen LogP contribution in [-0.2, 0) is 11.8 Å². The summed E-state index contributed by atoms with van der Waals surface area (Å²) in [6.07, 6.45) is 7.45. The Kier molecular flexibility index (Phi) is 3.19. The summed E-state index contributed by atoms with van der Waals surface area (Å²) in [7, 11) is 1.69. The molecular formula is C19H18O. The van der Waals surface area contributed by atoms with E-state index >= 15 is 0 Å². The van der Waals surface area contributed by atoms with Gasteiger partial charge in [0.2, 0.25) is 0 Å². The summed E-state index contributed by atoms with van der Waals surface area (Å²) in [5.74, 6) is 0.883. The first kappa shape index (κ1) is 12.7. The number of ether oxygens (including phenoxy) is 1. The van der Waals surface area contributed by atoms with Crippen LogP contribution in [0.2, 0.25) is 0 Å². The Hall–Kier alpha value is -2.28.